The van der Waals surface area contributed by atoms with Crippen LogP contribution in [0, 0.1) is 0 Å². The molecular formula is C22H23ClN2O7. The number of carbonyl (C=O) groups is 3. The van der Waals surface area contributed by atoms with Crippen molar-refractivity contribution in [3.63, 3.8) is 0 Å². The molecule has 1 aliphatic heterocycles. The fourth-order valence-electron chi connectivity index (χ4n) is 3.32. The molecule has 1 aliphatic rings. The number of aliphatic carboxylic acids is 1. The second kappa shape index (κ2) is 10.6. The summed E-state index contributed by atoms with van der Waals surface area (Å²) in [5, 5.41) is 32.1. The topological polar surface area (TPSA) is 136 Å². The summed E-state index contributed by atoms with van der Waals surface area (Å²) in [4.78, 5) is 40.6. The molecule has 3 unspecified atom stereocenters. The second-order valence-electron chi connectivity index (χ2n) is 7.49. The molecule has 0 radical (unpaired) electrons. The first-order valence-electron chi connectivity index (χ1n) is 9.92. The van der Waals surface area contributed by atoms with Gasteiger partial charge in [-0.2, -0.15) is 0 Å². The number of aliphatic hydroxyl groups is 2. The largest absolute Gasteiger partial charge is 0.479 e. The van der Waals surface area contributed by atoms with E-state index in [1.807, 2.05) is 42.5 Å². The summed E-state index contributed by atoms with van der Waals surface area (Å²) in [7, 11) is 0. The molecule has 3 rings (SSSR count). The van der Waals surface area contributed by atoms with E-state index in [9.17, 15) is 24.6 Å². The first-order chi connectivity index (χ1) is 15.2. The number of carbonyl (C=O) groups excluding carboxylic acids is 2. The molecule has 0 aliphatic carbocycles. The van der Waals surface area contributed by atoms with Crippen LogP contribution in [-0.4, -0.2) is 69.6 Å². The Labute approximate surface area is 189 Å². The smallest absolute Gasteiger partial charge is 0.335 e. The van der Waals surface area contributed by atoms with Gasteiger partial charge in [0.1, 0.15) is 12.7 Å². The normalized spacial score (nSPS) is 17.6. The van der Waals surface area contributed by atoms with Crippen LogP contribution in [0.25, 0.3) is 11.1 Å². The number of hydrogen-bond donors (Lipinski definition) is 4. The van der Waals surface area contributed by atoms with Crippen molar-refractivity contribution in [3.05, 3.63) is 59.1 Å². The summed E-state index contributed by atoms with van der Waals surface area (Å²) in [5.74, 6) is -3.46. The molecule has 0 aromatic heterocycles. The highest BCUT2D eigenvalue weighted by molar-refractivity contribution is 6.34. The first kappa shape index (κ1) is 23.7. The molecule has 0 bridgehead atoms. The lowest BCUT2D eigenvalue weighted by Crippen LogP contribution is -2.47. The standard InChI is InChI=1S/C22H23ClN2O7/c23-16-3-1-2-15(9-16)14-6-4-13(5-7-14)8-17(10-19(27)22(30)31)24-20(28)21(29)25-11-18(26)12-32-25/h1-7,9,17-19,26-27H,8,10-12H2,(H,24,28)(H,30,31). The summed E-state index contributed by atoms with van der Waals surface area (Å²) in [5.41, 5.74) is 2.61. The van der Waals surface area contributed by atoms with Gasteiger partial charge in [0, 0.05) is 17.5 Å². The van der Waals surface area contributed by atoms with E-state index < -0.39 is 36.0 Å². The SMILES string of the molecule is O=C(NC(Cc1ccc(-c2cccc(Cl)c2)cc1)CC(O)C(=O)O)C(=O)N1CC(O)CO1. The number of amides is 2. The monoisotopic (exact) mass is 462 g/mol. The Hall–Kier alpha value is -2.98. The molecule has 4 N–H and O–H groups in total. The number of nitrogens with one attached hydrogen (secondary N) is 1. The van der Waals surface area contributed by atoms with E-state index in [0.29, 0.717) is 5.02 Å². The zero-order valence-electron chi connectivity index (χ0n) is 17.0. The third-order valence-electron chi connectivity index (χ3n) is 4.94. The lowest BCUT2D eigenvalue weighted by molar-refractivity contribution is -0.174. The summed E-state index contributed by atoms with van der Waals surface area (Å²) >= 11 is 6.03. The molecular weight excluding hydrogens is 440 g/mol. The molecule has 1 heterocycles. The number of aliphatic hydroxyl groups excluding tert-OH is 2. The predicted molar refractivity (Wildman–Crippen MR) is 114 cm³/mol. The Morgan fingerprint density at radius 3 is 2.47 bits per heavy atom. The Balaban J connectivity index is 1.70. The van der Waals surface area contributed by atoms with Crippen molar-refractivity contribution in [3.8, 4) is 11.1 Å². The molecule has 170 valence electrons. The number of benzene rings is 2. The van der Waals surface area contributed by atoms with Crippen molar-refractivity contribution < 1.29 is 34.5 Å². The van der Waals surface area contributed by atoms with Gasteiger partial charge in [0.05, 0.1) is 6.54 Å². The van der Waals surface area contributed by atoms with Gasteiger partial charge in [-0.15, -0.1) is 0 Å². The number of hydroxylamine groups is 2. The van der Waals surface area contributed by atoms with Crippen molar-refractivity contribution in [1.29, 1.82) is 0 Å². The number of halogens is 1. The average Bonchev–Trinajstić information content (AvgIpc) is 3.19. The Morgan fingerprint density at radius 2 is 1.88 bits per heavy atom. The Morgan fingerprint density at radius 1 is 1.16 bits per heavy atom. The minimum absolute atomic E-state index is 0.0981. The maximum atomic E-state index is 12.4. The molecule has 3 atom stereocenters. The number of hydrogen-bond acceptors (Lipinski definition) is 6. The van der Waals surface area contributed by atoms with Crippen molar-refractivity contribution in [2.75, 3.05) is 13.2 Å². The van der Waals surface area contributed by atoms with Crippen LogP contribution in [0.15, 0.2) is 48.5 Å². The van der Waals surface area contributed by atoms with Gasteiger partial charge in [-0.1, -0.05) is 48.0 Å². The van der Waals surface area contributed by atoms with Gasteiger partial charge in [-0.3, -0.25) is 14.4 Å². The highest BCUT2D eigenvalue weighted by Gasteiger charge is 2.32. The molecule has 32 heavy (non-hydrogen) atoms. The third-order valence-corrected chi connectivity index (χ3v) is 5.18. The van der Waals surface area contributed by atoms with Crippen LogP contribution in [0.3, 0.4) is 0 Å². The van der Waals surface area contributed by atoms with Crippen LogP contribution >= 0.6 is 11.6 Å². The maximum absolute atomic E-state index is 12.4. The first-order valence-corrected chi connectivity index (χ1v) is 10.3. The summed E-state index contributed by atoms with van der Waals surface area (Å²) in [6.07, 6.45) is -2.71. The van der Waals surface area contributed by atoms with Gasteiger partial charge < -0.3 is 20.6 Å². The number of nitrogens with zero attached hydrogens (tertiary/aromatic N) is 1. The maximum Gasteiger partial charge on any atom is 0.335 e. The molecule has 0 saturated carbocycles. The molecule has 2 aromatic carbocycles. The van der Waals surface area contributed by atoms with Gasteiger partial charge >= 0.3 is 17.8 Å². The predicted octanol–water partition coefficient (Wildman–Crippen LogP) is 1.00. The van der Waals surface area contributed by atoms with Crippen LogP contribution in [-0.2, 0) is 25.6 Å². The number of carboxylic acid groups (broad SMARTS) is 1. The van der Waals surface area contributed by atoms with E-state index in [0.717, 1.165) is 21.8 Å². The van der Waals surface area contributed by atoms with E-state index in [-0.39, 0.29) is 26.0 Å². The highest BCUT2D eigenvalue weighted by atomic mass is 35.5. The highest BCUT2D eigenvalue weighted by Crippen LogP contribution is 2.23. The molecule has 0 spiro atoms. The van der Waals surface area contributed by atoms with Crippen molar-refractivity contribution >= 4 is 29.4 Å². The van der Waals surface area contributed by atoms with E-state index in [4.69, 9.17) is 21.5 Å². The molecule has 2 aromatic rings. The molecule has 1 saturated heterocycles. The lowest BCUT2D eigenvalue weighted by atomic mass is 9.98. The summed E-state index contributed by atoms with van der Waals surface area (Å²) in [6, 6.07) is 13.9. The zero-order chi connectivity index (χ0) is 23.3. The quantitative estimate of drug-likeness (QED) is 0.450. The summed E-state index contributed by atoms with van der Waals surface area (Å²) in [6.45, 7) is -0.237. The number of rotatable bonds is 7. The van der Waals surface area contributed by atoms with Crippen LogP contribution in [0.1, 0.15) is 12.0 Å². The van der Waals surface area contributed by atoms with E-state index in [1.54, 1.807) is 6.07 Å². The lowest BCUT2D eigenvalue weighted by Gasteiger charge is -2.21. The second-order valence-corrected chi connectivity index (χ2v) is 7.92. The van der Waals surface area contributed by atoms with Gasteiger partial charge in [-0.25, -0.2) is 9.86 Å². The van der Waals surface area contributed by atoms with Crippen molar-refractivity contribution in [2.24, 2.45) is 0 Å². The minimum atomic E-state index is -1.72. The average molecular weight is 463 g/mol. The van der Waals surface area contributed by atoms with E-state index in [1.165, 1.54) is 0 Å². The number of β-amino-alcohol motifs (C(OH)–C–C–N with tert-alkyl or cyclic N) is 1. The van der Waals surface area contributed by atoms with E-state index >= 15 is 0 Å². The molecule has 9 nitrogen and oxygen atoms in total. The fourth-order valence-corrected chi connectivity index (χ4v) is 3.51. The van der Waals surface area contributed by atoms with Crippen LogP contribution in [0.4, 0.5) is 0 Å². The van der Waals surface area contributed by atoms with Crippen molar-refractivity contribution in [2.45, 2.75) is 31.1 Å². The number of carboxylic acids is 1. The van der Waals surface area contributed by atoms with Gasteiger partial charge in [-0.05, 0) is 35.2 Å². The van der Waals surface area contributed by atoms with Crippen LogP contribution in [0.5, 0.6) is 0 Å². The van der Waals surface area contributed by atoms with Gasteiger partial charge in [0.15, 0.2) is 6.10 Å². The van der Waals surface area contributed by atoms with Gasteiger partial charge in [0.2, 0.25) is 0 Å². The minimum Gasteiger partial charge on any atom is -0.479 e. The third kappa shape index (κ3) is 6.27. The van der Waals surface area contributed by atoms with Gasteiger partial charge in [0.25, 0.3) is 0 Å². The zero-order valence-corrected chi connectivity index (χ0v) is 17.7. The van der Waals surface area contributed by atoms with Crippen LogP contribution in [0.2, 0.25) is 5.02 Å². The fraction of sp³-hybridized carbons (Fsp3) is 0.318. The molecule has 1 fully saturated rings. The summed E-state index contributed by atoms with van der Waals surface area (Å²) < 4.78 is 0. The van der Waals surface area contributed by atoms with E-state index in [2.05, 4.69) is 5.32 Å². The Bertz CT molecular complexity index is 982. The van der Waals surface area contributed by atoms with Crippen LogP contribution < -0.4 is 5.32 Å². The Kier molecular flexibility index (Phi) is 7.81. The molecule has 10 heteroatoms. The van der Waals surface area contributed by atoms with Crippen molar-refractivity contribution in [1.82, 2.24) is 10.4 Å². The molecule has 2 amide bonds.